The van der Waals surface area contributed by atoms with Gasteiger partial charge in [0.1, 0.15) is 10.7 Å². The number of aromatic amines is 1. The largest absolute Gasteiger partial charge is 0.360 e. The van der Waals surface area contributed by atoms with E-state index in [9.17, 15) is 12.8 Å². The summed E-state index contributed by atoms with van der Waals surface area (Å²) in [7, 11) is -4.00. The number of nitrogens with one attached hydrogen (secondary N) is 2. The Labute approximate surface area is 149 Å². The van der Waals surface area contributed by atoms with Gasteiger partial charge in [0.05, 0.1) is 17.7 Å². The van der Waals surface area contributed by atoms with Gasteiger partial charge < -0.3 is 4.98 Å². The van der Waals surface area contributed by atoms with Gasteiger partial charge >= 0.3 is 0 Å². The highest BCUT2D eigenvalue weighted by molar-refractivity contribution is 7.93. The summed E-state index contributed by atoms with van der Waals surface area (Å²) in [5, 5.41) is 9.81. The first-order valence-corrected chi connectivity index (χ1v) is 9.16. The fourth-order valence-electron chi connectivity index (χ4n) is 2.45. The van der Waals surface area contributed by atoms with Crippen molar-refractivity contribution in [2.24, 2.45) is 0 Å². The van der Waals surface area contributed by atoms with Crippen molar-refractivity contribution >= 4 is 38.2 Å². The predicted octanol–water partition coefficient (Wildman–Crippen LogP) is 4.39. The Morgan fingerprint density at radius 1 is 1.28 bits per heavy atom. The Balaban J connectivity index is 1.97. The summed E-state index contributed by atoms with van der Waals surface area (Å²) in [6, 6.07) is 10.7. The molecule has 2 N–H and O–H groups in total. The van der Waals surface area contributed by atoms with Gasteiger partial charge in [0.25, 0.3) is 10.0 Å². The van der Waals surface area contributed by atoms with Crippen molar-refractivity contribution in [3.8, 4) is 6.07 Å². The van der Waals surface area contributed by atoms with Gasteiger partial charge in [-0.25, -0.2) is 12.8 Å². The number of anilines is 1. The molecule has 2 aromatic carbocycles. The van der Waals surface area contributed by atoms with Gasteiger partial charge in [-0.1, -0.05) is 17.7 Å². The number of hydrogen-bond donors (Lipinski definition) is 2. The maximum atomic E-state index is 14.2. The Bertz CT molecular complexity index is 1100. The van der Waals surface area contributed by atoms with E-state index in [2.05, 4.69) is 9.71 Å². The lowest BCUT2D eigenvalue weighted by atomic mass is 10.0. The number of benzene rings is 2. The van der Waals surface area contributed by atoms with Gasteiger partial charge in [-0.3, -0.25) is 4.72 Å². The van der Waals surface area contributed by atoms with Gasteiger partial charge in [-0.15, -0.1) is 0 Å². The van der Waals surface area contributed by atoms with Crippen molar-refractivity contribution in [1.29, 1.82) is 5.26 Å². The molecule has 1 atom stereocenters. The summed E-state index contributed by atoms with van der Waals surface area (Å²) in [5.74, 6) is -1.23. The monoisotopic (exact) mass is 377 g/mol. The molecule has 128 valence electrons. The summed E-state index contributed by atoms with van der Waals surface area (Å²) >= 11 is 5.89. The minimum atomic E-state index is -4.00. The third-order valence-electron chi connectivity index (χ3n) is 3.83. The lowest BCUT2D eigenvalue weighted by molar-refractivity contribution is 0.599. The molecule has 0 amide bonds. The van der Waals surface area contributed by atoms with Crippen LogP contribution >= 0.6 is 11.6 Å². The standard InChI is InChI=1S/C17H13ClFN3O2S/c1-10(8-20)11-2-5-15(14(19)6-11)22-25(23,24)17-9-21-16-7-12(18)3-4-13(16)17/h2-7,9-10,21-22H,1H3. The van der Waals surface area contributed by atoms with Crippen molar-refractivity contribution in [2.75, 3.05) is 4.72 Å². The highest BCUT2D eigenvalue weighted by Gasteiger charge is 2.21. The molecule has 0 saturated carbocycles. The number of H-pyrrole nitrogens is 1. The van der Waals surface area contributed by atoms with Crippen molar-refractivity contribution in [3.05, 3.63) is 59.0 Å². The first-order valence-electron chi connectivity index (χ1n) is 7.30. The molecule has 0 saturated heterocycles. The minimum absolute atomic E-state index is 0.00645. The topological polar surface area (TPSA) is 85.8 Å². The van der Waals surface area contributed by atoms with E-state index in [4.69, 9.17) is 16.9 Å². The number of fused-ring (bicyclic) bond motifs is 1. The average molecular weight is 378 g/mol. The van der Waals surface area contributed by atoms with Crippen LogP contribution in [0.4, 0.5) is 10.1 Å². The third-order valence-corrected chi connectivity index (χ3v) is 5.47. The lowest BCUT2D eigenvalue weighted by Gasteiger charge is -2.10. The molecule has 0 spiro atoms. The number of nitriles is 1. The van der Waals surface area contributed by atoms with Crippen molar-refractivity contribution in [2.45, 2.75) is 17.7 Å². The average Bonchev–Trinajstić information content (AvgIpc) is 2.99. The van der Waals surface area contributed by atoms with Crippen LogP contribution in [0.1, 0.15) is 18.4 Å². The zero-order valence-electron chi connectivity index (χ0n) is 13.0. The molecule has 25 heavy (non-hydrogen) atoms. The van der Waals surface area contributed by atoms with Crippen LogP contribution in [0.5, 0.6) is 0 Å². The number of rotatable bonds is 4. The van der Waals surface area contributed by atoms with Gasteiger partial charge in [-0.05, 0) is 42.8 Å². The second-order valence-corrected chi connectivity index (χ2v) is 7.63. The predicted molar refractivity (Wildman–Crippen MR) is 94.5 cm³/mol. The van der Waals surface area contributed by atoms with Crippen LogP contribution in [0.2, 0.25) is 5.02 Å². The maximum Gasteiger partial charge on any atom is 0.264 e. The number of nitrogens with zero attached hydrogens (tertiary/aromatic N) is 1. The molecule has 0 aliphatic heterocycles. The van der Waals surface area contributed by atoms with E-state index in [1.54, 1.807) is 25.1 Å². The number of halogens is 2. The van der Waals surface area contributed by atoms with Crippen LogP contribution in [0.15, 0.2) is 47.5 Å². The van der Waals surface area contributed by atoms with Gasteiger partial charge in [0.2, 0.25) is 0 Å². The molecule has 3 rings (SSSR count). The Kier molecular flexibility index (Phi) is 4.41. The second kappa shape index (κ2) is 6.39. The van der Waals surface area contributed by atoms with Gasteiger partial charge in [-0.2, -0.15) is 5.26 Å². The zero-order chi connectivity index (χ0) is 18.2. The highest BCUT2D eigenvalue weighted by Crippen LogP contribution is 2.28. The second-order valence-electron chi connectivity index (χ2n) is 5.54. The van der Waals surface area contributed by atoms with E-state index in [0.29, 0.717) is 21.5 Å². The first kappa shape index (κ1) is 17.3. The molecule has 1 unspecified atom stereocenters. The third kappa shape index (κ3) is 3.31. The fourth-order valence-corrected chi connectivity index (χ4v) is 3.87. The molecule has 1 aromatic heterocycles. The SMILES string of the molecule is CC(C#N)c1ccc(NS(=O)(=O)c2c[nH]c3cc(Cl)ccc23)c(F)c1. The quantitative estimate of drug-likeness (QED) is 0.707. The normalized spacial score (nSPS) is 12.7. The molecule has 1 heterocycles. The lowest BCUT2D eigenvalue weighted by Crippen LogP contribution is -2.13. The summed E-state index contributed by atoms with van der Waals surface area (Å²) in [4.78, 5) is 2.83. The van der Waals surface area contributed by atoms with Crippen LogP contribution in [-0.2, 0) is 10.0 Å². The molecule has 8 heteroatoms. The molecule has 0 aliphatic rings. The zero-order valence-corrected chi connectivity index (χ0v) is 14.6. The van der Waals surface area contributed by atoms with Crippen LogP contribution in [0.3, 0.4) is 0 Å². The Morgan fingerprint density at radius 2 is 2.04 bits per heavy atom. The maximum absolute atomic E-state index is 14.2. The smallest absolute Gasteiger partial charge is 0.264 e. The highest BCUT2D eigenvalue weighted by atomic mass is 35.5. The summed E-state index contributed by atoms with van der Waals surface area (Å²) < 4.78 is 41.7. The molecule has 0 bridgehead atoms. The summed E-state index contributed by atoms with van der Waals surface area (Å²) in [5.41, 5.74) is 0.855. The molecule has 3 aromatic rings. The number of aromatic nitrogens is 1. The van der Waals surface area contributed by atoms with E-state index >= 15 is 0 Å². The number of sulfonamides is 1. The molecular formula is C17H13ClFN3O2S. The van der Waals surface area contributed by atoms with E-state index in [1.165, 1.54) is 18.3 Å². The van der Waals surface area contributed by atoms with Gasteiger partial charge in [0, 0.05) is 22.1 Å². The molecule has 0 fully saturated rings. The van der Waals surface area contributed by atoms with E-state index in [-0.39, 0.29) is 10.6 Å². The van der Waals surface area contributed by atoms with Crippen molar-refractivity contribution in [1.82, 2.24) is 4.98 Å². The summed E-state index contributed by atoms with van der Waals surface area (Å²) in [6.07, 6.45) is 1.33. The van der Waals surface area contributed by atoms with E-state index in [1.807, 2.05) is 6.07 Å². The van der Waals surface area contributed by atoms with Crippen molar-refractivity contribution in [3.63, 3.8) is 0 Å². The molecule has 0 radical (unpaired) electrons. The van der Waals surface area contributed by atoms with E-state index in [0.717, 1.165) is 6.07 Å². The van der Waals surface area contributed by atoms with Crippen LogP contribution in [-0.4, -0.2) is 13.4 Å². The fraction of sp³-hybridized carbons (Fsp3) is 0.118. The Morgan fingerprint density at radius 3 is 2.72 bits per heavy atom. The first-order chi connectivity index (χ1) is 11.8. The van der Waals surface area contributed by atoms with Crippen LogP contribution in [0.25, 0.3) is 10.9 Å². The molecule has 5 nitrogen and oxygen atoms in total. The minimum Gasteiger partial charge on any atom is -0.360 e. The molecular weight excluding hydrogens is 365 g/mol. The van der Waals surface area contributed by atoms with Gasteiger partial charge in [0.15, 0.2) is 0 Å². The molecule has 0 aliphatic carbocycles. The van der Waals surface area contributed by atoms with Crippen LogP contribution < -0.4 is 4.72 Å². The Hall–Kier alpha value is -2.56. The van der Waals surface area contributed by atoms with Crippen LogP contribution in [0, 0.1) is 17.1 Å². The number of hydrogen-bond acceptors (Lipinski definition) is 3. The van der Waals surface area contributed by atoms with E-state index < -0.39 is 21.8 Å². The van der Waals surface area contributed by atoms with Crippen molar-refractivity contribution < 1.29 is 12.8 Å². The summed E-state index contributed by atoms with van der Waals surface area (Å²) in [6.45, 7) is 1.63.